The van der Waals surface area contributed by atoms with Crippen molar-refractivity contribution in [3.05, 3.63) is 70.5 Å². The highest BCUT2D eigenvalue weighted by molar-refractivity contribution is 6.98. The first-order valence-corrected chi connectivity index (χ1v) is 8.43. The van der Waals surface area contributed by atoms with Crippen LogP contribution >= 0.6 is 11.6 Å². The first-order chi connectivity index (χ1) is 11.6. The maximum absolute atomic E-state index is 6.50. The molecule has 4 rings (SSSR count). The van der Waals surface area contributed by atoms with Crippen LogP contribution in [0.5, 0.6) is 11.5 Å². The van der Waals surface area contributed by atoms with Crippen LogP contribution in [0, 0.1) is 20.8 Å². The number of fused-ring (bicyclic) bond motifs is 2. The molecule has 0 atom stereocenters. The minimum atomic E-state index is 0.0340. The van der Waals surface area contributed by atoms with Gasteiger partial charge in [-0.05, 0) is 38.4 Å². The molecule has 4 heteroatoms. The second kappa shape index (κ2) is 5.68. The first-order valence-electron chi connectivity index (χ1n) is 8.05. The highest BCUT2D eigenvalue weighted by Crippen LogP contribution is 2.27. The average Bonchev–Trinajstić information content (AvgIpc) is 2.53. The predicted molar refractivity (Wildman–Crippen MR) is 101 cm³/mol. The van der Waals surface area contributed by atoms with Crippen LogP contribution in [-0.4, -0.2) is 11.7 Å². The number of ether oxygens (including phenoxy) is 1. The number of hydrogen-bond acceptors (Lipinski definition) is 2. The van der Waals surface area contributed by atoms with Gasteiger partial charge in [0.15, 0.2) is 0 Å². The maximum Gasteiger partial charge on any atom is 0.255 e. The van der Waals surface area contributed by atoms with Crippen molar-refractivity contribution in [2.75, 3.05) is 0 Å². The van der Waals surface area contributed by atoms with Crippen LogP contribution in [0.2, 0.25) is 5.15 Å². The maximum atomic E-state index is 6.50. The van der Waals surface area contributed by atoms with E-state index in [-0.39, 0.29) is 6.71 Å². The van der Waals surface area contributed by atoms with Crippen molar-refractivity contribution in [3.8, 4) is 11.5 Å². The Labute approximate surface area is 147 Å². The molecule has 0 amide bonds. The fraction of sp³-hybridized carbons (Fsp3) is 0.150. The Bertz CT molecular complexity index is 931. The molecule has 3 aromatic rings. The summed E-state index contributed by atoms with van der Waals surface area (Å²) in [6.07, 6.45) is 1.70. The molecule has 1 aromatic heterocycles. The monoisotopic (exact) mass is 333 g/mol. The molecule has 1 aliphatic heterocycles. The minimum Gasteiger partial charge on any atom is -0.458 e. The second-order valence-corrected chi connectivity index (χ2v) is 6.76. The van der Waals surface area contributed by atoms with Crippen LogP contribution < -0.4 is 21.1 Å². The second-order valence-electron chi connectivity index (χ2n) is 6.40. The highest BCUT2D eigenvalue weighted by Gasteiger charge is 2.36. The van der Waals surface area contributed by atoms with Crippen LogP contribution in [-0.2, 0) is 0 Å². The molecular weight excluding hydrogens is 316 g/mol. The lowest BCUT2D eigenvalue weighted by molar-refractivity contribution is 0.487. The number of benzene rings is 2. The number of hydrogen-bond donors (Lipinski definition) is 0. The topological polar surface area (TPSA) is 22.1 Å². The molecule has 0 bridgehead atoms. The molecule has 2 aromatic carbocycles. The molecule has 0 fully saturated rings. The summed E-state index contributed by atoms with van der Waals surface area (Å²) in [6, 6.07) is 14.5. The van der Waals surface area contributed by atoms with Crippen molar-refractivity contribution in [2.24, 2.45) is 0 Å². The fourth-order valence-electron chi connectivity index (χ4n) is 3.81. The van der Waals surface area contributed by atoms with Gasteiger partial charge in [0.25, 0.3) is 6.71 Å². The summed E-state index contributed by atoms with van der Waals surface area (Å²) in [6.45, 7) is 6.49. The van der Waals surface area contributed by atoms with Crippen molar-refractivity contribution >= 4 is 34.7 Å². The lowest BCUT2D eigenvalue weighted by Gasteiger charge is -2.29. The van der Waals surface area contributed by atoms with Crippen molar-refractivity contribution in [3.63, 3.8) is 0 Å². The molecule has 0 saturated heterocycles. The molecule has 0 radical (unpaired) electrons. The highest BCUT2D eigenvalue weighted by atomic mass is 35.5. The number of halogens is 1. The van der Waals surface area contributed by atoms with Crippen LogP contribution in [0.4, 0.5) is 0 Å². The van der Waals surface area contributed by atoms with Crippen LogP contribution in [0.1, 0.15) is 16.7 Å². The summed E-state index contributed by atoms with van der Waals surface area (Å²) in [5.74, 6) is 1.68. The van der Waals surface area contributed by atoms with E-state index >= 15 is 0 Å². The van der Waals surface area contributed by atoms with E-state index in [2.05, 4.69) is 44.0 Å². The lowest BCUT2D eigenvalue weighted by atomic mass is 9.34. The number of para-hydroxylation sites is 1. The Kier molecular flexibility index (Phi) is 3.61. The first kappa shape index (κ1) is 15.3. The molecule has 24 heavy (non-hydrogen) atoms. The Morgan fingerprint density at radius 2 is 1.62 bits per heavy atom. The minimum absolute atomic E-state index is 0.0340. The Morgan fingerprint density at radius 1 is 0.917 bits per heavy atom. The zero-order chi connectivity index (χ0) is 16.8. The molecule has 2 nitrogen and oxygen atoms in total. The van der Waals surface area contributed by atoms with Gasteiger partial charge in [-0.2, -0.15) is 0 Å². The van der Waals surface area contributed by atoms with E-state index in [9.17, 15) is 0 Å². The van der Waals surface area contributed by atoms with E-state index in [1.54, 1.807) is 6.20 Å². The summed E-state index contributed by atoms with van der Waals surface area (Å²) in [5.41, 5.74) is 7.17. The van der Waals surface area contributed by atoms with Crippen molar-refractivity contribution < 1.29 is 4.74 Å². The molecule has 1 aliphatic rings. The molecular formula is C20H17BClNO. The quantitative estimate of drug-likeness (QED) is 0.394. The number of rotatable bonds is 1. The Morgan fingerprint density at radius 3 is 2.38 bits per heavy atom. The van der Waals surface area contributed by atoms with Crippen molar-refractivity contribution in [1.29, 1.82) is 0 Å². The largest absolute Gasteiger partial charge is 0.458 e. The Balaban J connectivity index is 2.06. The predicted octanol–water partition coefficient (Wildman–Crippen LogP) is 3.28. The molecule has 0 unspecified atom stereocenters. The van der Waals surface area contributed by atoms with Crippen molar-refractivity contribution in [1.82, 2.24) is 4.98 Å². The third-order valence-corrected chi connectivity index (χ3v) is 4.97. The van der Waals surface area contributed by atoms with Gasteiger partial charge in [0.2, 0.25) is 0 Å². The van der Waals surface area contributed by atoms with E-state index in [4.69, 9.17) is 16.3 Å². The van der Waals surface area contributed by atoms with E-state index in [1.165, 1.54) is 22.2 Å². The zero-order valence-corrected chi connectivity index (χ0v) is 14.7. The summed E-state index contributed by atoms with van der Waals surface area (Å²) < 4.78 is 6.09. The van der Waals surface area contributed by atoms with E-state index in [0.717, 1.165) is 22.4 Å². The van der Waals surface area contributed by atoms with Gasteiger partial charge in [-0.1, -0.05) is 64.1 Å². The van der Waals surface area contributed by atoms with Crippen LogP contribution in [0.3, 0.4) is 0 Å². The lowest BCUT2D eigenvalue weighted by Crippen LogP contribution is -2.57. The van der Waals surface area contributed by atoms with Gasteiger partial charge >= 0.3 is 0 Å². The van der Waals surface area contributed by atoms with Crippen LogP contribution in [0.15, 0.2) is 48.7 Å². The normalized spacial score (nSPS) is 12.4. The van der Waals surface area contributed by atoms with Gasteiger partial charge in [0, 0.05) is 11.7 Å². The summed E-state index contributed by atoms with van der Waals surface area (Å²) in [5, 5.41) is 0.506. The summed E-state index contributed by atoms with van der Waals surface area (Å²) in [4.78, 5) is 4.30. The number of pyridine rings is 1. The number of nitrogens with zero attached hydrogens (tertiary/aromatic N) is 1. The van der Waals surface area contributed by atoms with Crippen molar-refractivity contribution in [2.45, 2.75) is 20.8 Å². The standard InChI is InChI=1S/C20H17BClNO/c1-12-10-13(2)18(14(3)11-12)21-15-6-4-5-7-16(15)24-17-8-9-23-20(22)19(17)21/h4-11H,1-3H3. The number of aromatic nitrogens is 1. The molecule has 118 valence electrons. The molecule has 2 heterocycles. The van der Waals surface area contributed by atoms with Gasteiger partial charge in [-0.25, -0.2) is 4.98 Å². The molecule has 0 saturated carbocycles. The summed E-state index contributed by atoms with van der Waals surface area (Å²) >= 11 is 6.50. The smallest absolute Gasteiger partial charge is 0.255 e. The van der Waals surface area contributed by atoms with Gasteiger partial charge in [-0.15, -0.1) is 0 Å². The van der Waals surface area contributed by atoms with E-state index < -0.39 is 0 Å². The third-order valence-electron chi connectivity index (χ3n) is 4.67. The number of aryl methyl sites for hydroxylation is 3. The van der Waals surface area contributed by atoms with E-state index in [0.29, 0.717) is 5.15 Å². The van der Waals surface area contributed by atoms with Gasteiger partial charge < -0.3 is 4.74 Å². The van der Waals surface area contributed by atoms with E-state index in [1.807, 2.05) is 24.3 Å². The zero-order valence-electron chi connectivity index (χ0n) is 13.9. The Hall–Kier alpha value is -2.26. The van der Waals surface area contributed by atoms with Gasteiger partial charge in [0.05, 0.1) is 0 Å². The molecule has 0 aliphatic carbocycles. The molecule has 0 N–H and O–H groups in total. The van der Waals surface area contributed by atoms with Crippen LogP contribution in [0.25, 0.3) is 0 Å². The summed E-state index contributed by atoms with van der Waals surface area (Å²) in [7, 11) is 0. The molecule has 0 spiro atoms. The SMILES string of the molecule is Cc1cc(C)c(B2c3ccccc3Oc3ccnc(Cl)c32)c(C)c1. The third kappa shape index (κ3) is 2.31. The fourth-order valence-corrected chi connectivity index (χ4v) is 4.07. The van der Waals surface area contributed by atoms with Gasteiger partial charge in [-0.3, -0.25) is 0 Å². The van der Waals surface area contributed by atoms with Gasteiger partial charge in [0.1, 0.15) is 16.7 Å². The average molecular weight is 334 g/mol.